The Bertz CT molecular complexity index is 1400. The van der Waals surface area contributed by atoms with Gasteiger partial charge in [0.2, 0.25) is 5.91 Å². The van der Waals surface area contributed by atoms with Gasteiger partial charge in [-0.15, -0.1) is 0 Å². The van der Waals surface area contributed by atoms with E-state index in [0.29, 0.717) is 18.5 Å². The van der Waals surface area contributed by atoms with Crippen molar-refractivity contribution in [2.45, 2.75) is 30.1 Å². The first kappa shape index (κ1) is 27.4. The van der Waals surface area contributed by atoms with Crippen LogP contribution in [0.25, 0.3) is 0 Å². The second kappa shape index (κ2) is 12.8. The molecule has 0 aromatic heterocycles. The summed E-state index contributed by atoms with van der Waals surface area (Å²) in [6.45, 7) is 0.520. The summed E-state index contributed by atoms with van der Waals surface area (Å²) in [6.07, 6.45) is 5.79. The number of sulfonamides is 1. The van der Waals surface area contributed by atoms with Crippen LogP contribution in [0, 0.1) is 0 Å². The second-order valence-corrected chi connectivity index (χ2v) is 11.2. The normalized spacial score (nSPS) is 19.9. The number of benzene rings is 3. The molecule has 0 aliphatic carbocycles. The van der Waals surface area contributed by atoms with Gasteiger partial charge in [0.25, 0.3) is 15.9 Å². The van der Waals surface area contributed by atoms with E-state index in [1.165, 1.54) is 22.5 Å². The Labute approximate surface area is 228 Å². The topological polar surface area (TPSA) is 95.6 Å². The van der Waals surface area contributed by atoms with Gasteiger partial charge in [-0.1, -0.05) is 72.3 Å². The zero-order chi connectivity index (χ0) is 27.0. The van der Waals surface area contributed by atoms with Gasteiger partial charge >= 0.3 is 0 Å². The van der Waals surface area contributed by atoms with E-state index >= 15 is 0 Å². The number of nitrogens with zero attached hydrogens (tertiary/aromatic N) is 1. The maximum atomic E-state index is 13.8. The van der Waals surface area contributed by atoms with Crippen LogP contribution in [-0.4, -0.2) is 39.9 Å². The molecule has 1 aliphatic heterocycles. The molecule has 0 saturated heterocycles. The van der Waals surface area contributed by atoms with E-state index in [1.54, 1.807) is 30.3 Å². The van der Waals surface area contributed by atoms with Crippen LogP contribution >= 0.6 is 11.6 Å². The predicted molar refractivity (Wildman–Crippen MR) is 150 cm³/mol. The van der Waals surface area contributed by atoms with Crippen LogP contribution < -0.4 is 14.9 Å². The fraction of sp³-hybridized carbons (Fsp3) is 0.241. The van der Waals surface area contributed by atoms with E-state index < -0.39 is 15.9 Å². The third-order valence-corrected chi connectivity index (χ3v) is 8.61. The molecule has 9 heteroatoms. The number of allylic oxidation sites excluding steroid dienone is 1. The van der Waals surface area contributed by atoms with Gasteiger partial charge in [-0.2, -0.15) is 0 Å². The molecular formula is C29H30ClN3O4S. The van der Waals surface area contributed by atoms with Gasteiger partial charge < -0.3 is 10.6 Å². The summed E-state index contributed by atoms with van der Waals surface area (Å²) in [6, 6.07) is 22.6. The molecule has 38 heavy (non-hydrogen) atoms. The molecule has 1 heterocycles. The molecule has 7 nitrogen and oxygen atoms in total. The number of hydrogen-bond donors (Lipinski definition) is 2. The first-order valence-electron chi connectivity index (χ1n) is 12.5. The molecule has 1 aliphatic rings. The summed E-state index contributed by atoms with van der Waals surface area (Å²) in [7, 11) is -4.09. The molecule has 2 amide bonds. The fourth-order valence-electron chi connectivity index (χ4n) is 4.35. The SMILES string of the molecule is O=C1NCCNC(=O)C(c2ccccc2)CCC/C=C/CN(c2ccccc2)S(=O)(=O)c2cc1ccc2Cl. The Kier molecular flexibility index (Phi) is 9.20. The maximum absolute atomic E-state index is 13.8. The Morgan fingerprint density at radius 1 is 0.842 bits per heavy atom. The van der Waals surface area contributed by atoms with Crippen molar-refractivity contribution in [1.29, 1.82) is 0 Å². The number of halogens is 1. The summed E-state index contributed by atoms with van der Waals surface area (Å²) in [4.78, 5) is 25.7. The molecule has 3 aromatic rings. The summed E-state index contributed by atoms with van der Waals surface area (Å²) in [5.74, 6) is -0.871. The van der Waals surface area contributed by atoms with E-state index in [2.05, 4.69) is 10.6 Å². The van der Waals surface area contributed by atoms with Gasteiger partial charge in [0.1, 0.15) is 4.90 Å². The lowest BCUT2D eigenvalue weighted by Gasteiger charge is -2.24. The lowest BCUT2D eigenvalue weighted by molar-refractivity contribution is -0.122. The van der Waals surface area contributed by atoms with Crippen molar-refractivity contribution in [1.82, 2.24) is 10.6 Å². The average molecular weight is 552 g/mol. The van der Waals surface area contributed by atoms with Crippen LogP contribution in [0.5, 0.6) is 0 Å². The Morgan fingerprint density at radius 2 is 1.53 bits per heavy atom. The van der Waals surface area contributed by atoms with Crippen molar-refractivity contribution in [3.05, 3.63) is 107 Å². The highest BCUT2D eigenvalue weighted by Gasteiger charge is 2.28. The molecule has 4 rings (SSSR count). The molecule has 198 valence electrons. The third kappa shape index (κ3) is 6.62. The monoisotopic (exact) mass is 551 g/mol. The molecular weight excluding hydrogens is 522 g/mol. The Hall–Kier alpha value is -3.62. The van der Waals surface area contributed by atoms with Crippen LogP contribution in [0.3, 0.4) is 0 Å². The van der Waals surface area contributed by atoms with Crippen molar-refractivity contribution >= 4 is 39.1 Å². The molecule has 0 saturated carbocycles. The van der Waals surface area contributed by atoms with Crippen LogP contribution in [0.1, 0.15) is 41.1 Å². The molecule has 0 fully saturated rings. The van der Waals surface area contributed by atoms with Crippen LogP contribution in [0.2, 0.25) is 5.02 Å². The average Bonchev–Trinajstić information content (AvgIpc) is 2.93. The van der Waals surface area contributed by atoms with E-state index in [1.807, 2.05) is 42.5 Å². The number of anilines is 1. The minimum atomic E-state index is -4.09. The molecule has 3 aromatic carbocycles. The standard InChI is InChI=1S/C29H30ClN3O4S/c30-26-17-16-23-21-27(26)38(36,37)33(24-13-7-4-8-14-24)20-10-2-1-9-15-25(22-11-5-3-6-12-22)29(35)32-19-18-31-28(23)34/h2-8,10-14,16-17,21,25H,1,9,15,18-20H2,(H,31,34)(H,32,35)/b10-2+. The molecule has 0 spiro atoms. The van der Waals surface area contributed by atoms with Gasteiger partial charge in [-0.25, -0.2) is 8.42 Å². The lowest BCUT2D eigenvalue weighted by atomic mass is 9.92. The third-order valence-electron chi connectivity index (χ3n) is 6.34. The lowest BCUT2D eigenvalue weighted by Crippen LogP contribution is -2.37. The van der Waals surface area contributed by atoms with Crippen LogP contribution in [0.4, 0.5) is 5.69 Å². The van der Waals surface area contributed by atoms with Crippen LogP contribution in [-0.2, 0) is 14.8 Å². The predicted octanol–water partition coefficient (Wildman–Crippen LogP) is 4.91. The minimum absolute atomic E-state index is 0.0279. The van der Waals surface area contributed by atoms with Crippen molar-refractivity contribution in [3.8, 4) is 0 Å². The Morgan fingerprint density at radius 3 is 2.26 bits per heavy atom. The van der Waals surface area contributed by atoms with Crippen molar-refractivity contribution in [2.24, 2.45) is 0 Å². The van der Waals surface area contributed by atoms with Gasteiger partial charge in [0.05, 0.1) is 23.2 Å². The highest BCUT2D eigenvalue weighted by atomic mass is 35.5. The molecule has 1 atom stereocenters. The zero-order valence-electron chi connectivity index (χ0n) is 20.8. The van der Waals surface area contributed by atoms with E-state index in [0.717, 1.165) is 12.0 Å². The minimum Gasteiger partial charge on any atom is -0.354 e. The van der Waals surface area contributed by atoms with Gasteiger partial charge in [-0.05, 0) is 55.2 Å². The fourth-order valence-corrected chi connectivity index (χ4v) is 6.27. The number of fused-ring (bicyclic) bond motifs is 2. The van der Waals surface area contributed by atoms with Crippen molar-refractivity contribution in [2.75, 3.05) is 23.9 Å². The van der Waals surface area contributed by atoms with E-state index in [9.17, 15) is 18.0 Å². The van der Waals surface area contributed by atoms with Crippen molar-refractivity contribution < 1.29 is 18.0 Å². The molecule has 2 bridgehead atoms. The zero-order valence-corrected chi connectivity index (χ0v) is 22.4. The number of carbonyl (C=O) groups excluding carboxylic acids is 2. The van der Waals surface area contributed by atoms with Gasteiger partial charge in [0, 0.05) is 18.7 Å². The molecule has 0 radical (unpaired) electrons. The molecule has 2 N–H and O–H groups in total. The Balaban J connectivity index is 1.66. The number of hydrogen-bond acceptors (Lipinski definition) is 4. The number of amides is 2. The largest absolute Gasteiger partial charge is 0.354 e. The second-order valence-electron chi connectivity index (χ2n) is 8.93. The van der Waals surface area contributed by atoms with Gasteiger partial charge in [0.15, 0.2) is 0 Å². The van der Waals surface area contributed by atoms with Crippen LogP contribution in [0.15, 0.2) is 95.9 Å². The summed E-state index contributed by atoms with van der Waals surface area (Å²) in [5.41, 5.74) is 1.58. The smallest absolute Gasteiger partial charge is 0.266 e. The quantitative estimate of drug-likeness (QED) is 0.443. The number of carbonyl (C=O) groups is 2. The highest BCUT2D eigenvalue weighted by Crippen LogP contribution is 2.30. The number of nitrogens with one attached hydrogen (secondary N) is 2. The first-order chi connectivity index (χ1) is 18.4. The molecule has 1 unspecified atom stereocenters. The van der Waals surface area contributed by atoms with E-state index in [-0.39, 0.29) is 46.9 Å². The highest BCUT2D eigenvalue weighted by molar-refractivity contribution is 7.93. The van der Waals surface area contributed by atoms with Crippen molar-refractivity contribution in [3.63, 3.8) is 0 Å². The number of para-hydroxylation sites is 1. The summed E-state index contributed by atoms with van der Waals surface area (Å²) < 4.78 is 28.8. The van der Waals surface area contributed by atoms with E-state index in [4.69, 9.17) is 11.6 Å². The summed E-state index contributed by atoms with van der Waals surface area (Å²) >= 11 is 6.33. The first-order valence-corrected chi connectivity index (χ1v) is 14.3. The maximum Gasteiger partial charge on any atom is 0.266 e. The number of rotatable bonds is 2. The van der Waals surface area contributed by atoms with Gasteiger partial charge in [-0.3, -0.25) is 13.9 Å². The summed E-state index contributed by atoms with van der Waals surface area (Å²) in [5, 5.41) is 5.69.